The summed E-state index contributed by atoms with van der Waals surface area (Å²) < 4.78 is 0. The Bertz CT molecular complexity index is 239. The van der Waals surface area contributed by atoms with Crippen molar-refractivity contribution in [3.05, 3.63) is 0 Å². The Morgan fingerprint density at radius 3 is 2.88 bits per heavy atom. The second-order valence-corrected chi connectivity index (χ2v) is 6.65. The van der Waals surface area contributed by atoms with Crippen LogP contribution in [0.4, 0.5) is 0 Å². The molecule has 0 aliphatic carbocycles. The summed E-state index contributed by atoms with van der Waals surface area (Å²) in [6.45, 7) is 1.77. The Morgan fingerprint density at radius 1 is 1.47 bits per heavy atom. The molecule has 2 atom stereocenters. The van der Waals surface area contributed by atoms with Crippen LogP contribution in [0.25, 0.3) is 0 Å². The lowest BCUT2D eigenvalue weighted by Crippen LogP contribution is -2.46. The number of hydrogen-bond acceptors (Lipinski definition) is 4. The molecule has 1 fully saturated rings. The van der Waals surface area contributed by atoms with E-state index >= 15 is 0 Å². The molecule has 0 radical (unpaired) electrons. The van der Waals surface area contributed by atoms with Gasteiger partial charge in [0.2, 0.25) is 5.91 Å². The van der Waals surface area contributed by atoms with Gasteiger partial charge in [-0.3, -0.25) is 4.79 Å². The molecule has 1 rings (SSSR count). The predicted octanol–water partition coefficient (Wildman–Crippen LogP) is 1.81. The Labute approximate surface area is 113 Å². The highest BCUT2D eigenvalue weighted by atomic mass is 32.2. The number of nitrogens with two attached hydrogens (primary N) is 1. The second-order valence-electron chi connectivity index (χ2n) is 4.53. The summed E-state index contributed by atoms with van der Waals surface area (Å²) >= 11 is 3.62. The van der Waals surface area contributed by atoms with Gasteiger partial charge in [-0.1, -0.05) is 6.42 Å². The van der Waals surface area contributed by atoms with E-state index in [0.717, 1.165) is 31.7 Å². The first-order chi connectivity index (χ1) is 8.19. The normalized spacial score (nSPS) is 23.2. The third-order valence-electron chi connectivity index (χ3n) is 3.22. The summed E-state index contributed by atoms with van der Waals surface area (Å²) in [4.78, 5) is 14.2. The first-order valence-electron chi connectivity index (χ1n) is 6.25. The molecule has 0 saturated carbocycles. The van der Waals surface area contributed by atoms with Crippen LogP contribution in [0.5, 0.6) is 0 Å². The third kappa shape index (κ3) is 5.10. The molecule has 1 aliphatic rings. The molecule has 0 bridgehead atoms. The molecule has 5 heteroatoms. The van der Waals surface area contributed by atoms with Gasteiger partial charge in [-0.25, -0.2) is 0 Å². The molecule has 0 aromatic carbocycles. The highest BCUT2D eigenvalue weighted by Crippen LogP contribution is 2.20. The summed E-state index contributed by atoms with van der Waals surface area (Å²) in [5.74, 6) is 1.12. The molecule has 3 nitrogen and oxygen atoms in total. The van der Waals surface area contributed by atoms with E-state index in [0.29, 0.717) is 5.25 Å². The van der Waals surface area contributed by atoms with Crippen molar-refractivity contribution in [1.29, 1.82) is 0 Å². The monoisotopic (exact) mass is 276 g/mol. The van der Waals surface area contributed by atoms with Crippen molar-refractivity contribution in [3.63, 3.8) is 0 Å². The molecule has 1 aliphatic heterocycles. The minimum absolute atomic E-state index is 0.153. The fraction of sp³-hybridized carbons (Fsp3) is 0.917. The van der Waals surface area contributed by atoms with Crippen LogP contribution in [0.3, 0.4) is 0 Å². The summed E-state index contributed by atoms with van der Waals surface area (Å²) in [5.41, 5.74) is 5.96. The van der Waals surface area contributed by atoms with Crippen LogP contribution in [0, 0.1) is 0 Å². The molecule has 100 valence electrons. The van der Waals surface area contributed by atoms with E-state index in [4.69, 9.17) is 5.73 Å². The van der Waals surface area contributed by atoms with E-state index in [1.54, 1.807) is 11.8 Å². The minimum Gasteiger partial charge on any atom is -0.340 e. The fourth-order valence-corrected chi connectivity index (χ4v) is 3.32. The van der Waals surface area contributed by atoms with Crippen molar-refractivity contribution in [2.24, 2.45) is 5.73 Å². The van der Waals surface area contributed by atoms with Crippen LogP contribution in [0.1, 0.15) is 25.7 Å². The molecular formula is C12H24N2OS2. The number of hydrogen-bond donors (Lipinski definition) is 1. The van der Waals surface area contributed by atoms with Crippen molar-refractivity contribution in [1.82, 2.24) is 4.90 Å². The van der Waals surface area contributed by atoms with Crippen LogP contribution >= 0.6 is 23.5 Å². The minimum atomic E-state index is -0.303. The first-order valence-corrected chi connectivity index (χ1v) is 8.93. The zero-order valence-electron chi connectivity index (χ0n) is 10.9. The van der Waals surface area contributed by atoms with Crippen molar-refractivity contribution >= 4 is 29.4 Å². The van der Waals surface area contributed by atoms with Crippen LogP contribution in [-0.4, -0.2) is 53.5 Å². The number of nitrogens with zero attached hydrogens (tertiary/aromatic N) is 1. The van der Waals surface area contributed by atoms with E-state index in [1.165, 1.54) is 12.8 Å². The molecule has 1 heterocycles. The Morgan fingerprint density at radius 2 is 2.24 bits per heavy atom. The van der Waals surface area contributed by atoms with Gasteiger partial charge in [0.1, 0.15) is 0 Å². The van der Waals surface area contributed by atoms with Gasteiger partial charge >= 0.3 is 0 Å². The molecular weight excluding hydrogens is 252 g/mol. The standard InChI is InChI=1S/C12H24N2OS2/c1-16-8-6-11(13)12(15)14-7-4-3-5-10(9-14)17-2/h10-11H,3-9,13H2,1-2H3/t10-,11+/m1/s1. The van der Waals surface area contributed by atoms with Gasteiger partial charge in [0.15, 0.2) is 0 Å². The van der Waals surface area contributed by atoms with Crippen LogP contribution in [-0.2, 0) is 4.79 Å². The number of amides is 1. The quantitative estimate of drug-likeness (QED) is 0.832. The Kier molecular flexibility index (Phi) is 7.39. The van der Waals surface area contributed by atoms with Crippen molar-refractivity contribution in [2.75, 3.05) is 31.4 Å². The van der Waals surface area contributed by atoms with Gasteiger partial charge in [-0.15, -0.1) is 0 Å². The molecule has 0 aromatic rings. The third-order valence-corrected chi connectivity index (χ3v) is 4.92. The molecule has 1 amide bonds. The zero-order chi connectivity index (χ0) is 12.7. The average molecular weight is 276 g/mol. The van der Waals surface area contributed by atoms with Gasteiger partial charge in [-0.05, 0) is 37.5 Å². The second kappa shape index (κ2) is 8.27. The maximum atomic E-state index is 12.2. The molecule has 17 heavy (non-hydrogen) atoms. The van der Waals surface area contributed by atoms with Crippen LogP contribution in [0.15, 0.2) is 0 Å². The predicted molar refractivity (Wildman–Crippen MR) is 78.7 cm³/mol. The highest BCUT2D eigenvalue weighted by molar-refractivity contribution is 7.99. The van der Waals surface area contributed by atoms with Gasteiger partial charge in [0.05, 0.1) is 6.04 Å². The van der Waals surface area contributed by atoms with Gasteiger partial charge in [0, 0.05) is 18.3 Å². The Hall–Kier alpha value is 0.130. The van der Waals surface area contributed by atoms with Crippen LogP contribution < -0.4 is 5.73 Å². The number of carbonyl (C=O) groups is 1. The van der Waals surface area contributed by atoms with E-state index in [9.17, 15) is 4.79 Å². The number of thioether (sulfide) groups is 2. The maximum Gasteiger partial charge on any atom is 0.239 e. The molecule has 0 spiro atoms. The lowest BCUT2D eigenvalue weighted by atomic mass is 10.2. The van der Waals surface area contributed by atoms with Gasteiger partial charge in [0.25, 0.3) is 0 Å². The summed E-state index contributed by atoms with van der Waals surface area (Å²) in [5, 5.41) is 0.592. The summed E-state index contributed by atoms with van der Waals surface area (Å²) in [6, 6.07) is -0.303. The van der Waals surface area contributed by atoms with Crippen molar-refractivity contribution < 1.29 is 4.79 Å². The smallest absolute Gasteiger partial charge is 0.239 e. The van der Waals surface area contributed by atoms with E-state index in [-0.39, 0.29) is 11.9 Å². The average Bonchev–Trinajstić information content (AvgIpc) is 2.60. The number of carbonyl (C=O) groups excluding carboxylic acids is 1. The first kappa shape index (κ1) is 15.2. The topological polar surface area (TPSA) is 46.3 Å². The fourth-order valence-electron chi connectivity index (χ4n) is 2.10. The highest BCUT2D eigenvalue weighted by Gasteiger charge is 2.24. The zero-order valence-corrected chi connectivity index (χ0v) is 12.5. The van der Waals surface area contributed by atoms with Gasteiger partial charge in [-0.2, -0.15) is 23.5 Å². The molecule has 1 saturated heterocycles. The lowest BCUT2D eigenvalue weighted by Gasteiger charge is -2.26. The molecule has 2 N–H and O–H groups in total. The number of likely N-dealkylation sites (tertiary alicyclic amines) is 1. The van der Waals surface area contributed by atoms with Crippen molar-refractivity contribution in [3.8, 4) is 0 Å². The Balaban J connectivity index is 2.48. The molecule has 0 aromatic heterocycles. The van der Waals surface area contributed by atoms with Gasteiger partial charge < -0.3 is 10.6 Å². The van der Waals surface area contributed by atoms with E-state index in [1.807, 2.05) is 22.9 Å². The van der Waals surface area contributed by atoms with Crippen molar-refractivity contribution in [2.45, 2.75) is 37.0 Å². The summed E-state index contributed by atoms with van der Waals surface area (Å²) in [7, 11) is 0. The number of rotatable bonds is 5. The van der Waals surface area contributed by atoms with E-state index < -0.39 is 0 Å². The largest absolute Gasteiger partial charge is 0.340 e. The maximum absolute atomic E-state index is 12.2. The molecule has 0 unspecified atom stereocenters. The SMILES string of the molecule is CSCC[C@H](N)C(=O)N1CCCC[C@@H](SC)C1. The lowest BCUT2D eigenvalue weighted by molar-refractivity contribution is -0.132. The van der Waals surface area contributed by atoms with E-state index in [2.05, 4.69) is 6.26 Å². The van der Waals surface area contributed by atoms with Crippen LogP contribution in [0.2, 0.25) is 0 Å². The summed E-state index contributed by atoms with van der Waals surface area (Å²) in [6.07, 6.45) is 8.55.